The van der Waals surface area contributed by atoms with E-state index in [4.69, 9.17) is 0 Å². The molecule has 4 nitrogen and oxygen atoms in total. The van der Waals surface area contributed by atoms with E-state index < -0.39 is 0 Å². The van der Waals surface area contributed by atoms with E-state index in [1.165, 1.54) is 28.5 Å². The number of aromatic amines is 1. The molecule has 1 fully saturated rings. The van der Waals surface area contributed by atoms with Gasteiger partial charge in [-0.3, -0.25) is 5.10 Å². The SMILES string of the molecule is CC1(C)CC(Cn2ccc3cc(-c4cn[nH]c4)ccc32)CN1.Cc1ccc(S)cc1. The van der Waals surface area contributed by atoms with E-state index >= 15 is 0 Å². The Kier molecular flexibility index (Phi) is 6.02. The van der Waals surface area contributed by atoms with Gasteiger partial charge in [-0.15, -0.1) is 12.6 Å². The summed E-state index contributed by atoms with van der Waals surface area (Å²) in [5.41, 5.74) is 5.22. The molecule has 1 saturated heterocycles. The quantitative estimate of drug-likeness (QED) is 0.374. The van der Waals surface area contributed by atoms with Crippen LogP contribution in [0, 0.1) is 12.8 Å². The van der Waals surface area contributed by atoms with Gasteiger partial charge in [0.15, 0.2) is 0 Å². The maximum atomic E-state index is 4.13. The standard InChI is InChI=1S/C18H22N4.C7H8S/c1-18(2)8-13(9-19-18)12-22-6-5-15-7-14(3-4-17(15)22)16-10-20-21-11-16;1-6-2-4-7(8)5-3-6/h3-7,10-11,13,19H,8-9,12H2,1-2H3,(H,20,21);2-5,8H,1H3. The van der Waals surface area contributed by atoms with Crippen molar-refractivity contribution < 1.29 is 0 Å². The summed E-state index contributed by atoms with van der Waals surface area (Å²) in [6.07, 6.45) is 7.25. The first-order chi connectivity index (χ1) is 14.4. The summed E-state index contributed by atoms with van der Waals surface area (Å²) < 4.78 is 2.39. The van der Waals surface area contributed by atoms with Gasteiger partial charge in [-0.2, -0.15) is 5.10 Å². The second kappa shape index (κ2) is 8.70. The number of nitrogens with zero attached hydrogens (tertiary/aromatic N) is 2. The smallest absolute Gasteiger partial charge is 0.0565 e. The summed E-state index contributed by atoms with van der Waals surface area (Å²) in [4.78, 5) is 1.02. The van der Waals surface area contributed by atoms with Gasteiger partial charge in [0.25, 0.3) is 0 Å². The van der Waals surface area contributed by atoms with Crippen molar-refractivity contribution in [2.75, 3.05) is 6.54 Å². The molecule has 1 atom stereocenters. The zero-order valence-corrected chi connectivity index (χ0v) is 18.8. The highest BCUT2D eigenvalue weighted by molar-refractivity contribution is 7.80. The Hall–Kier alpha value is -2.50. The molecule has 4 aromatic rings. The summed E-state index contributed by atoms with van der Waals surface area (Å²) in [7, 11) is 0. The third-order valence-electron chi connectivity index (χ3n) is 5.76. The number of aromatic nitrogens is 3. The lowest BCUT2D eigenvalue weighted by molar-refractivity contribution is 0.421. The maximum Gasteiger partial charge on any atom is 0.0565 e. The van der Waals surface area contributed by atoms with Gasteiger partial charge in [-0.05, 0) is 69.0 Å². The molecular weight excluding hydrogens is 388 g/mol. The molecule has 1 aliphatic rings. The van der Waals surface area contributed by atoms with Gasteiger partial charge in [0.2, 0.25) is 0 Å². The molecule has 5 heteroatoms. The lowest BCUT2D eigenvalue weighted by Gasteiger charge is -2.17. The van der Waals surface area contributed by atoms with Gasteiger partial charge in [0.05, 0.1) is 6.20 Å². The van der Waals surface area contributed by atoms with Crippen LogP contribution in [-0.2, 0) is 6.54 Å². The Morgan fingerprint density at radius 2 is 1.90 bits per heavy atom. The van der Waals surface area contributed by atoms with E-state index in [0.717, 1.165) is 23.5 Å². The van der Waals surface area contributed by atoms with E-state index in [2.05, 4.69) is 83.9 Å². The number of hydrogen-bond donors (Lipinski definition) is 3. The molecule has 0 aliphatic carbocycles. The predicted octanol–water partition coefficient (Wildman–Crippen LogP) is 5.70. The summed E-state index contributed by atoms with van der Waals surface area (Å²) in [6.45, 7) is 8.84. The third-order valence-corrected chi connectivity index (χ3v) is 6.06. The largest absolute Gasteiger partial charge is 0.347 e. The Morgan fingerprint density at radius 3 is 2.53 bits per heavy atom. The molecule has 0 radical (unpaired) electrons. The fraction of sp³-hybridized carbons (Fsp3) is 0.320. The third kappa shape index (κ3) is 4.97. The number of rotatable bonds is 3. The molecule has 0 saturated carbocycles. The summed E-state index contributed by atoms with van der Waals surface area (Å²) in [6, 6.07) is 16.9. The van der Waals surface area contributed by atoms with E-state index in [9.17, 15) is 0 Å². The van der Waals surface area contributed by atoms with Crippen molar-refractivity contribution in [3.05, 3.63) is 72.7 Å². The van der Waals surface area contributed by atoms with Crippen molar-refractivity contribution in [1.29, 1.82) is 0 Å². The van der Waals surface area contributed by atoms with Gasteiger partial charge in [0, 0.05) is 52.4 Å². The predicted molar refractivity (Wildman–Crippen MR) is 128 cm³/mol. The fourth-order valence-electron chi connectivity index (χ4n) is 4.19. The Balaban J connectivity index is 0.000000230. The van der Waals surface area contributed by atoms with Gasteiger partial charge in [-0.25, -0.2) is 0 Å². The van der Waals surface area contributed by atoms with E-state index in [-0.39, 0.29) is 5.54 Å². The molecule has 2 aromatic carbocycles. The molecule has 5 rings (SSSR count). The first-order valence-electron chi connectivity index (χ1n) is 10.5. The molecule has 0 amide bonds. The van der Waals surface area contributed by atoms with Crippen LogP contribution in [0.4, 0.5) is 0 Å². The second-order valence-corrected chi connectivity index (χ2v) is 9.42. The first-order valence-corrected chi connectivity index (χ1v) is 10.9. The molecule has 2 aromatic heterocycles. The first kappa shape index (κ1) is 20.8. The molecule has 0 spiro atoms. The van der Waals surface area contributed by atoms with Crippen molar-refractivity contribution in [3.8, 4) is 11.1 Å². The van der Waals surface area contributed by atoms with Gasteiger partial charge in [-0.1, -0.05) is 23.8 Å². The number of benzene rings is 2. The minimum absolute atomic E-state index is 0.280. The van der Waals surface area contributed by atoms with E-state index in [1.807, 2.05) is 36.7 Å². The topological polar surface area (TPSA) is 45.6 Å². The molecule has 1 unspecified atom stereocenters. The van der Waals surface area contributed by atoms with Gasteiger partial charge >= 0.3 is 0 Å². The van der Waals surface area contributed by atoms with Crippen molar-refractivity contribution in [3.63, 3.8) is 0 Å². The number of H-pyrrole nitrogens is 1. The minimum Gasteiger partial charge on any atom is -0.347 e. The number of aryl methyl sites for hydroxylation is 1. The van der Waals surface area contributed by atoms with Crippen LogP contribution in [0.15, 0.2) is 72.0 Å². The van der Waals surface area contributed by atoms with Crippen molar-refractivity contribution in [2.45, 2.75) is 44.2 Å². The highest BCUT2D eigenvalue weighted by Gasteiger charge is 2.30. The molecule has 1 aliphatic heterocycles. The number of hydrogen-bond acceptors (Lipinski definition) is 3. The summed E-state index contributed by atoms with van der Waals surface area (Å²) in [5, 5.41) is 11.8. The molecule has 156 valence electrons. The molecule has 0 bridgehead atoms. The van der Waals surface area contributed by atoms with Crippen LogP contribution in [-0.4, -0.2) is 26.8 Å². The van der Waals surface area contributed by atoms with Crippen LogP contribution < -0.4 is 5.32 Å². The van der Waals surface area contributed by atoms with Crippen LogP contribution in [0.25, 0.3) is 22.0 Å². The van der Waals surface area contributed by atoms with Crippen LogP contribution in [0.3, 0.4) is 0 Å². The van der Waals surface area contributed by atoms with Crippen LogP contribution >= 0.6 is 12.6 Å². The average molecular weight is 419 g/mol. The number of thiol groups is 1. The Labute approximate surface area is 184 Å². The van der Waals surface area contributed by atoms with Crippen LogP contribution in [0.5, 0.6) is 0 Å². The van der Waals surface area contributed by atoms with Crippen molar-refractivity contribution >= 4 is 23.5 Å². The molecule has 3 heterocycles. The van der Waals surface area contributed by atoms with Crippen molar-refractivity contribution in [2.24, 2.45) is 5.92 Å². The van der Waals surface area contributed by atoms with Crippen molar-refractivity contribution in [1.82, 2.24) is 20.1 Å². The Morgan fingerprint density at radius 1 is 1.10 bits per heavy atom. The molecule has 2 N–H and O–H groups in total. The number of nitrogens with one attached hydrogen (secondary N) is 2. The lowest BCUT2D eigenvalue weighted by atomic mass is 9.97. The summed E-state index contributed by atoms with van der Waals surface area (Å²) in [5.74, 6) is 0.708. The minimum atomic E-state index is 0.280. The molecule has 30 heavy (non-hydrogen) atoms. The van der Waals surface area contributed by atoms with Gasteiger partial charge < -0.3 is 9.88 Å². The highest BCUT2D eigenvalue weighted by atomic mass is 32.1. The lowest BCUT2D eigenvalue weighted by Crippen LogP contribution is -2.31. The van der Waals surface area contributed by atoms with E-state index in [1.54, 1.807) is 0 Å². The van der Waals surface area contributed by atoms with Crippen LogP contribution in [0.1, 0.15) is 25.8 Å². The highest BCUT2D eigenvalue weighted by Crippen LogP contribution is 2.28. The second-order valence-electron chi connectivity index (χ2n) is 8.90. The maximum absolute atomic E-state index is 4.13. The zero-order valence-electron chi connectivity index (χ0n) is 17.9. The summed E-state index contributed by atoms with van der Waals surface area (Å²) >= 11 is 4.13. The fourth-order valence-corrected chi connectivity index (χ4v) is 4.34. The van der Waals surface area contributed by atoms with Crippen LogP contribution in [0.2, 0.25) is 0 Å². The Bertz CT molecular complexity index is 1070. The monoisotopic (exact) mass is 418 g/mol. The van der Waals surface area contributed by atoms with Gasteiger partial charge in [0.1, 0.15) is 0 Å². The van der Waals surface area contributed by atoms with E-state index in [0.29, 0.717) is 5.92 Å². The number of fused-ring (bicyclic) bond motifs is 1. The normalized spacial score (nSPS) is 17.7. The average Bonchev–Trinajstić information content (AvgIpc) is 3.45. The zero-order chi connectivity index (χ0) is 21.1. The molecular formula is C25H30N4S.